The third-order valence-corrected chi connectivity index (χ3v) is 5.03. The van der Waals surface area contributed by atoms with E-state index in [1.807, 2.05) is 36.5 Å². The highest BCUT2D eigenvalue weighted by molar-refractivity contribution is 6.02. The van der Waals surface area contributed by atoms with Gasteiger partial charge in [0.25, 0.3) is 5.91 Å². The van der Waals surface area contributed by atoms with Crippen LogP contribution >= 0.6 is 0 Å². The largest absolute Gasteiger partial charge is 0.380 e. The highest BCUT2D eigenvalue weighted by Gasteiger charge is 2.27. The predicted molar refractivity (Wildman–Crippen MR) is 104 cm³/mol. The van der Waals surface area contributed by atoms with E-state index < -0.39 is 0 Å². The van der Waals surface area contributed by atoms with Gasteiger partial charge in [-0.05, 0) is 43.0 Å². The number of hydrogen-bond acceptors (Lipinski definition) is 5. The molecule has 2 atom stereocenters. The molecule has 0 aliphatic heterocycles. The minimum absolute atomic E-state index is 0.168. The molecule has 4 rings (SSSR count). The maximum absolute atomic E-state index is 12.7. The van der Waals surface area contributed by atoms with Crippen LogP contribution in [0.4, 0.5) is 5.69 Å². The van der Waals surface area contributed by atoms with E-state index in [4.69, 9.17) is 10.5 Å². The lowest BCUT2D eigenvalue weighted by atomic mass is 10.0. The van der Waals surface area contributed by atoms with Gasteiger partial charge < -0.3 is 20.8 Å². The molecule has 1 aromatic carbocycles. The Hall–Kier alpha value is -2.77. The topological polar surface area (TPSA) is 106 Å². The molecule has 7 nitrogen and oxygen atoms in total. The van der Waals surface area contributed by atoms with Crippen LogP contribution in [0.2, 0.25) is 0 Å². The van der Waals surface area contributed by atoms with Crippen molar-refractivity contribution in [1.82, 2.24) is 15.0 Å². The van der Waals surface area contributed by atoms with Gasteiger partial charge in [0, 0.05) is 36.3 Å². The summed E-state index contributed by atoms with van der Waals surface area (Å²) < 4.78 is 5.10. The van der Waals surface area contributed by atoms with Crippen LogP contribution in [0.25, 0.3) is 11.0 Å². The Morgan fingerprint density at radius 1 is 1.26 bits per heavy atom. The van der Waals surface area contributed by atoms with Crippen molar-refractivity contribution in [3.05, 3.63) is 53.6 Å². The van der Waals surface area contributed by atoms with Gasteiger partial charge in [0.2, 0.25) is 5.82 Å². The van der Waals surface area contributed by atoms with Crippen molar-refractivity contribution in [2.24, 2.45) is 5.73 Å². The van der Waals surface area contributed by atoms with Gasteiger partial charge in [-0.25, -0.2) is 9.97 Å². The number of aromatic nitrogens is 3. The average molecular weight is 365 g/mol. The molecule has 0 spiro atoms. The van der Waals surface area contributed by atoms with Crippen LogP contribution in [0.1, 0.15) is 47.1 Å². The summed E-state index contributed by atoms with van der Waals surface area (Å²) in [6.07, 6.45) is 4.68. The molecule has 2 unspecified atom stereocenters. The Morgan fingerprint density at radius 3 is 2.78 bits per heavy atom. The first-order valence-electron chi connectivity index (χ1n) is 9.14. The van der Waals surface area contributed by atoms with Gasteiger partial charge in [0.1, 0.15) is 5.65 Å². The van der Waals surface area contributed by atoms with E-state index in [1.165, 1.54) is 0 Å². The molecule has 1 fully saturated rings. The first-order valence-corrected chi connectivity index (χ1v) is 9.14. The number of methoxy groups -OCH3 is 1. The van der Waals surface area contributed by atoms with E-state index in [2.05, 4.69) is 20.3 Å². The maximum Gasteiger partial charge on any atom is 0.293 e. The lowest BCUT2D eigenvalue weighted by Gasteiger charge is -2.12. The molecule has 2 heterocycles. The summed E-state index contributed by atoms with van der Waals surface area (Å²) >= 11 is 0. The first kappa shape index (κ1) is 17.6. The van der Waals surface area contributed by atoms with Crippen molar-refractivity contribution >= 4 is 22.6 Å². The zero-order valence-electron chi connectivity index (χ0n) is 15.2. The van der Waals surface area contributed by atoms with Crippen LogP contribution in [0.3, 0.4) is 0 Å². The lowest BCUT2D eigenvalue weighted by Crippen LogP contribution is -2.18. The second kappa shape index (κ2) is 7.46. The molecular weight excluding hydrogens is 342 g/mol. The third-order valence-electron chi connectivity index (χ3n) is 5.03. The minimum atomic E-state index is -0.325. The van der Waals surface area contributed by atoms with Gasteiger partial charge in [0.05, 0.1) is 12.3 Å². The molecule has 27 heavy (non-hydrogen) atoms. The second-order valence-corrected chi connectivity index (χ2v) is 7.03. The molecular formula is C20H23N5O2. The molecule has 1 aliphatic rings. The fourth-order valence-electron chi connectivity index (χ4n) is 3.68. The Morgan fingerprint density at radius 2 is 2.07 bits per heavy atom. The van der Waals surface area contributed by atoms with Crippen molar-refractivity contribution in [2.75, 3.05) is 12.4 Å². The quantitative estimate of drug-likeness (QED) is 0.644. The molecule has 0 bridgehead atoms. The molecule has 1 aliphatic carbocycles. The zero-order valence-corrected chi connectivity index (χ0v) is 15.2. The van der Waals surface area contributed by atoms with E-state index in [0.717, 1.165) is 35.9 Å². The van der Waals surface area contributed by atoms with Crippen LogP contribution < -0.4 is 11.1 Å². The number of nitrogens with zero attached hydrogens (tertiary/aromatic N) is 2. The van der Waals surface area contributed by atoms with Crippen LogP contribution in [0, 0.1) is 0 Å². The highest BCUT2D eigenvalue weighted by atomic mass is 16.5. The van der Waals surface area contributed by atoms with E-state index in [9.17, 15) is 4.79 Å². The zero-order chi connectivity index (χ0) is 18.8. The van der Waals surface area contributed by atoms with Gasteiger partial charge in [-0.3, -0.25) is 4.79 Å². The fraction of sp³-hybridized carbons (Fsp3) is 0.350. The van der Waals surface area contributed by atoms with Crippen LogP contribution in [0.15, 0.2) is 36.5 Å². The smallest absolute Gasteiger partial charge is 0.293 e. The van der Waals surface area contributed by atoms with Crippen LogP contribution in [-0.4, -0.2) is 34.0 Å². The molecule has 140 valence electrons. The minimum Gasteiger partial charge on any atom is -0.380 e. The Bertz CT molecular complexity index is 951. The number of fused-ring (bicyclic) bond motifs is 1. The predicted octanol–water partition coefficient (Wildman–Crippen LogP) is 2.95. The van der Waals surface area contributed by atoms with Gasteiger partial charge >= 0.3 is 0 Å². The number of nitrogens with two attached hydrogens (primary N) is 1. The molecule has 3 aromatic rings. The summed E-state index contributed by atoms with van der Waals surface area (Å²) in [5, 5.41) is 3.83. The Labute approximate surface area is 157 Å². The van der Waals surface area contributed by atoms with Gasteiger partial charge in [-0.1, -0.05) is 12.1 Å². The highest BCUT2D eigenvalue weighted by Crippen LogP contribution is 2.35. The number of benzene rings is 1. The Kier molecular flexibility index (Phi) is 4.87. The summed E-state index contributed by atoms with van der Waals surface area (Å²) in [4.78, 5) is 24.8. The van der Waals surface area contributed by atoms with Crippen molar-refractivity contribution in [2.45, 2.75) is 37.8 Å². The molecule has 2 aromatic heterocycles. The van der Waals surface area contributed by atoms with E-state index >= 15 is 0 Å². The number of amides is 1. The normalized spacial score (nSPS) is 19.5. The molecule has 1 saturated carbocycles. The monoisotopic (exact) mass is 365 g/mol. The molecule has 7 heteroatoms. The van der Waals surface area contributed by atoms with Gasteiger partial charge in [-0.2, -0.15) is 0 Å². The van der Waals surface area contributed by atoms with E-state index in [0.29, 0.717) is 17.9 Å². The standard InChI is InChI=1S/C20H23N5O2/c1-27-11-12-2-6-15(7-3-12)23-20(26)19-24-17(13-4-5-14(21)10-13)16-8-9-22-18(16)25-19/h2-3,6-9,13-14H,4-5,10-11,21H2,1H3,(H,23,26)(H,22,24,25). The number of carbonyl (C=O) groups is 1. The first-order chi connectivity index (χ1) is 13.1. The third kappa shape index (κ3) is 3.70. The summed E-state index contributed by atoms with van der Waals surface area (Å²) in [7, 11) is 1.65. The van der Waals surface area contributed by atoms with Crippen molar-refractivity contribution in [1.29, 1.82) is 0 Å². The number of aromatic amines is 1. The maximum atomic E-state index is 12.7. The van der Waals surface area contributed by atoms with E-state index in [-0.39, 0.29) is 23.7 Å². The average Bonchev–Trinajstić information content (AvgIpc) is 3.31. The Balaban J connectivity index is 1.60. The van der Waals surface area contributed by atoms with Gasteiger partial charge in [0.15, 0.2) is 0 Å². The van der Waals surface area contributed by atoms with Crippen LogP contribution in [0.5, 0.6) is 0 Å². The summed E-state index contributed by atoms with van der Waals surface area (Å²) in [6, 6.07) is 9.68. The molecule has 0 radical (unpaired) electrons. The number of hydrogen-bond donors (Lipinski definition) is 3. The second-order valence-electron chi connectivity index (χ2n) is 7.03. The number of H-pyrrole nitrogens is 1. The summed E-state index contributed by atoms with van der Waals surface area (Å²) in [5.74, 6) is 0.108. The number of nitrogens with one attached hydrogen (secondary N) is 2. The lowest BCUT2D eigenvalue weighted by molar-refractivity contribution is 0.101. The number of ether oxygens (including phenoxy) is 1. The van der Waals surface area contributed by atoms with Crippen LogP contribution in [-0.2, 0) is 11.3 Å². The molecule has 1 amide bonds. The van der Waals surface area contributed by atoms with Gasteiger partial charge in [-0.15, -0.1) is 0 Å². The SMILES string of the molecule is COCc1ccc(NC(=O)c2nc(C3CCC(N)C3)c3cc[nH]c3n2)cc1. The number of rotatable bonds is 5. The van der Waals surface area contributed by atoms with Crippen molar-refractivity contribution < 1.29 is 9.53 Å². The number of anilines is 1. The molecule has 0 saturated heterocycles. The molecule has 4 N–H and O–H groups in total. The fourth-order valence-corrected chi connectivity index (χ4v) is 3.68. The number of carbonyl (C=O) groups excluding carboxylic acids is 1. The van der Waals surface area contributed by atoms with Crippen molar-refractivity contribution in [3.63, 3.8) is 0 Å². The summed E-state index contributed by atoms with van der Waals surface area (Å²) in [5.41, 5.74) is 9.40. The summed E-state index contributed by atoms with van der Waals surface area (Å²) in [6.45, 7) is 0.535. The van der Waals surface area contributed by atoms with Crippen molar-refractivity contribution in [3.8, 4) is 0 Å². The van der Waals surface area contributed by atoms with E-state index in [1.54, 1.807) is 7.11 Å².